The van der Waals surface area contributed by atoms with Gasteiger partial charge in [-0.1, -0.05) is 6.07 Å². The topological polar surface area (TPSA) is 130 Å². The average molecular weight is 390 g/mol. The third kappa shape index (κ3) is 3.27. The van der Waals surface area contributed by atoms with E-state index < -0.39 is 22.5 Å². The fourth-order valence-corrected chi connectivity index (χ4v) is 4.04. The Labute approximate surface area is 154 Å². The molecule has 3 aromatic rings. The van der Waals surface area contributed by atoms with Gasteiger partial charge in [-0.3, -0.25) is 14.9 Å². The number of hydrogen-bond donors (Lipinski definition) is 3. The number of amides is 1. The van der Waals surface area contributed by atoms with E-state index in [9.17, 15) is 29.9 Å². The molecule has 3 rings (SSSR count). The zero-order valence-corrected chi connectivity index (χ0v) is 14.5. The highest BCUT2D eigenvalue weighted by Gasteiger charge is 2.23. The molecule has 0 saturated heterocycles. The van der Waals surface area contributed by atoms with Crippen molar-refractivity contribution in [2.24, 2.45) is 0 Å². The second kappa shape index (κ2) is 6.94. The van der Waals surface area contributed by atoms with Crippen LogP contribution in [-0.4, -0.2) is 27.0 Å². The minimum atomic E-state index is -1.21. The van der Waals surface area contributed by atoms with Gasteiger partial charge in [0, 0.05) is 28.0 Å². The van der Waals surface area contributed by atoms with Crippen LogP contribution >= 0.6 is 22.7 Å². The van der Waals surface area contributed by atoms with Crippen molar-refractivity contribution in [3.05, 3.63) is 62.3 Å². The van der Waals surface area contributed by atoms with E-state index in [0.717, 1.165) is 34.4 Å². The molecule has 3 N–H and O–H groups in total. The van der Waals surface area contributed by atoms with Crippen molar-refractivity contribution in [1.82, 2.24) is 0 Å². The summed E-state index contributed by atoms with van der Waals surface area (Å²) in [6.07, 6.45) is 0. The van der Waals surface area contributed by atoms with Crippen LogP contribution in [0.5, 0.6) is 5.75 Å². The molecule has 0 aliphatic heterocycles. The van der Waals surface area contributed by atoms with Gasteiger partial charge in [0.15, 0.2) is 0 Å². The molecule has 0 atom stereocenters. The van der Waals surface area contributed by atoms with Crippen molar-refractivity contribution in [1.29, 1.82) is 0 Å². The third-order valence-corrected chi connectivity index (χ3v) is 5.25. The SMILES string of the molecule is O=C(Nc1scc(-c2cccs2)c1C(=O)O)c1cc([N+](=O)[O-])ccc1O. The van der Waals surface area contributed by atoms with Gasteiger partial charge in [-0.25, -0.2) is 4.79 Å². The van der Waals surface area contributed by atoms with Crippen LogP contribution in [0.2, 0.25) is 0 Å². The Bertz CT molecular complexity index is 1010. The van der Waals surface area contributed by atoms with Crippen LogP contribution in [0.3, 0.4) is 0 Å². The maximum Gasteiger partial charge on any atom is 0.339 e. The first-order chi connectivity index (χ1) is 12.4. The molecule has 1 amide bonds. The Morgan fingerprint density at radius 1 is 1.19 bits per heavy atom. The van der Waals surface area contributed by atoms with Gasteiger partial charge in [0.05, 0.1) is 10.5 Å². The number of carboxylic acids is 1. The van der Waals surface area contributed by atoms with E-state index in [4.69, 9.17) is 0 Å². The molecule has 1 aromatic carbocycles. The second-order valence-corrected chi connectivity index (χ2v) is 6.88. The van der Waals surface area contributed by atoms with Crippen molar-refractivity contribution < 1.29 is 24.7 Å². The van der Waals surface area contributed by atoms with Gasteiger partial charge in [0.1, 0.15) is 16.3 Å². The van der Waals surface area contributed by atoms with Crippen LogP contribution in [0, 0.1) is 10.1 Å². The minimum absolute atomic E-state index is 0.0734. The lowest BCUT2D eigenvalue weighted by molar-refractivity contribution is -0.384. The summed E-state index contributed by atoms with van der Waals surface area (Å²) in [5.41, 5.74) is -0.287. The number of aromatic carboxylic acids is 1. The maximum absolute atomic E-state index is 12.4. The van der Waals surface area contributed by atoms with E-state index in [1.54, 1.807) is 22.9 Å². The molecule has 0 aliphatic rings. The number of anilines is 1. The van der Waals surface area contributed by atoms with Gasteiger partial charge in [0.25, 0.3) is 11.6 Å². The number of benzene rings is 1. The first-order valence-corrected chi connectivity index (χ1v) is 8.82. The first kappa shape index (κ1) is 17.6. The summed E-state index contributed by atoms with van der Waals surface area (Å²) in [5.74, 6) is -2.50. The fraction of sp³-hybridized carbons (Fsp3) is 0. The molecule has 0 saturated carbocycles. The molecule has 0 unspecified atom stereocenters. The number of phenols is 1. The third-order valence-electron chi connectivity index (χ3n) is 3.45. The molecule has 2 aromatic heterocycles. The largest absolute Gasteiger partial charge is 0.507 e. The Morgan fingerprint density at radius 3 is 2.58 bits per heavy atom. The van der Waals surface area contributed by atoms with Crippen LogP contribution in [0.25, 0.3) is 10.4 Å². The van der Waals surface area contributed by atoms with E-state index in [0.29, 0.717) is 5.56 Å². The number of carboxylic acid groups (broad SMARTS) is 1. The molecule has 132 valence electrons. The maximum atomic E-state index is 12.4. The normalized spacial score (nSPS) is 10.5. The van der Waals surface area contributed by atoms with Crippen molar-refractivity contribution in [3.63, 3.8) is 0 Å². The molecule has 26 heavy (non-hydrogen) atoms. The molecule has 0 fully saturated rings. The number of nitrogens with one attached hydrogen (secondary N) is 1. The molecule has 10 heteroatoms. The summed E-state index contributed by atoms with van der Waals surface area (Å²) in [5, 5.41) is 36.1. The zero-order chi connectivity index (χ0) is 18.8. The quantitative estimate of drug-likeness (QED) is 0.445. The van der Waals surface area contributed by atoms with E-state index in [2.05, 4.69) is 5.32 Å². The Hall–Kier alpha value is -3.24. The van der Waals surface area contributed by atoms with Crippen LogP contribution in [0.15, 0.2) is 41.1 Å². The second-order valence-electron chi connectivity index (χ2n) is 5.05. The number of nitro benzene ring substituents is 1. The number of carbonyl (C=O) groups excluding carboxylic acids is 1. The highest BCUT2D eigenvalue weighted by Crippen LogP contribution is 2.38. The number of thiophene rings is 2. The van der Waals surface area contributed by atoms with E-state index in [1.165, 1.54) is 11.3 Å². The Balaban J connectivity index is 1.97. The van der Waals surface area contributed by atoms with E-state index in [1.807, 2.05) is 0 Å². The Morgan fingerprint density at radius 2 is 1.96 bits per heavy atom. The lowest BCUT2D eigenvalue weighted by Crippen LogP contribution is -2.14. The van der Waals surface area contributed by atoms with Gasteiger partial charge < -0.3 is 15.5 Å². The van der Waals surface area contributed by atoms with Crippen molar-refractivity contribution >= 4 is 45.2 Å². The highest BCUT2D eigenvalue weighted by atomic mass is 32.1. The van der Waals surface area contributed by atoms with Crippen LogP contribution < -0.4 is 5.32 Å². The molecular weight excluding hydrogens is 380 g/mol. The van der Waals surface area contributed by atoms with Gasteiger partial charge in [-0.2, -0.15) is 0 Å². The number of nitro groups is 1. The number of non-ortho nitro benzene ring substituents is 1. The van der Waals surface area contributed by atoms with Gasteiger partial charge in [-0.05, 0) is 17.5 Å². The van der Waals surface area contributed by atoms with E-state index in [-0.39, 0.29) is 21.8 Å². The summed E-state index contributed by atoms with van der Waals surface area (Å²) in [6.45, 7) is 0. The number of rotatable bonds is 5. The van der Waals surface area contributed by atoms with Gasteiger partial charge >= 0.3 is 5.97 Å². The van der Waals surface area contributed by atoms with Gasteiger partial charge in [0.2, 0.25) is 0 Å². The van der Waals surface area contributed by atoms with Crippen molar-refractivity contribution in [2.45, 2.75) is 0 Å². The average Bonchev–Trinajstić information content (AvgIpc) is 3.23. The molecular formula is C16H10N2O6S2. The van der Waals surface area contributed by atoms with Crippen LogP contribution in [0.1, 0.15) is 20.7 Å². The number of carbonyl (C=O) groups is 2. The van der Waals surface area contributed by atoms with Crippen molar-refractivity contribution in [3.8, 4) is 16.2 Å². The predicted octanol–water partition coefficient (Wildman–Crippen LogP) is 4.04. The molecule has 0 aliphatic carbocycles. The number of aromatic hydroxyl groups is 1. The monoisotopic (exact) mass is 390 g/mol. The first-order valence-electron chi connectivity index (χ1n) is 7.06. The summed E-state index contributed by atoms with van der Waals surface area (Å²) in [6, 6.07) is 6.57. The standard InChI is InChI=1S/C16H10N2O6S2/c19-11-4-3-8(18(23)24)6-9(11)14(20)17-15-13(16(21)22)10(7-26-15)12-2-1-5-25-12/h1-7,19H,(H,17,20)(H,21,22). The van der Waals surface area contributed by atoms with Crippen molar-refractivity contribution in [2.75, 3.05) is 5.32 Å². The Kier molecular flexibility index (Phi) is 4.69. The number of nitrogens with zero attached hydrogens (tertiary/aromatic N) is 1. The minimum Gasteiger partial charge on any atom is -0.507 e. The molecule has 0 radical (unpaired) electrons. The number of hydrogen-bond acceptors (Lipinski definition) is 7. The lowest BCUT2D eigenvalue weighted by atomic mass is 10.1. The smallest absolute Gasteiger partial charge is 0.339 e. The summed E-state index contributed by atoms with van der Waals surface area (Å²) in [7, 11) is 0. The highest BCUT2D eigenvalue weighted by molar-refractivity contribution is 7.17. The van der Waals surface area contributed by atoms with Crippen LogP contribution in [0.4, 0.5) is 10.7 Å². The molecule has 0 spiro atoms. The molecule has 8 nitrogen and oxygen atoms in total. The lowest BCUT2D eigenvalue weighted by Gasteiger charge is -2.07. The van der Waals surface area contributed by atoms with Gasteiger partial charge in [-0.15, -0.1) is 22.7 Å². The van der Waals surface area contributed by atoms with E-state index >= 15 is 0 Å². The fourth-order valence-electron chi connectivity index (χ4n) is 2.27. The molecule has 2 heterocycles. The number of phenolic OH excluding ortho intramolecular Hbond substituents is 1. The predicted molar refractivity (Wildman–Crippen MR) is 97.3 cm³/mol. The summed E-state index contributed by atoms with van der Waals surface area (Å²) < 4.78 is 0. The zero-order valence-electron chi connectivity index (χ0n) is 12.8. The summed E-state index contributed by atoms with van der Waals surface area (Å²) >= 11 is 2.38. The molecule has 0 bridgehead atoms. The summed E-state index contributed by atoms with van der Waals surface area (Å²) in [4.78, 5) is 34.9. The van der Waals surface area contributed by atoms with Crippen LogP contribution in [-0.2, 0) is 0 Å².